The maximum Gasteiger partial charge on any atom is 0.435 e. The summed E-state index contributed by atoms with van der Waals surface area (Å²) in [4.78, 5) is 10.8. The van der Waals surface area contributed by atoms with Crippen LogP contribution in [0.3, 0.4) is 0 Å². The molecule has 0 fully saturated rings. The highest BCUT2D eigenvalue weighted by Crippen LogP contribution is 2.53. The minimum atomic E-state index is -6.16. The van der Waals surface area contributed by atoms with E-state index in [0.717, 1.165) is 19.9 Å². The van der Waals surface area contributed by atoms with Crippen molar-refractivity contribution in [2.24, 2.45) is 0 Å². The van der Waals surface area contributed by atoms with Gasteiger partial charge >= 0.3 is 18.0 Å². The Labute approximate surface area is 114 Å². The van der Waals surface area contributed by atoms with E-state index in [1.54, 1.807) is 0 Å². The van der Waals surface area contributed by atoms with E-state index in [0.29, 0.717) is 12.1 Å². The summed E-state index contributed by atoms with van der Waals surface area (Å²) in [7, 11) is 0. The summed E-state index contributed by atoms with van der Waals surface area (Å²) in [6.07, 6.45) is -12.3. The minimum absolute atomic E-state index is 0.00190. The Morgan fingerprint density at radius 3 is 1.81 bits per heavy atom. The van der Waals surface area contributed by atoms with Crippen molar-refractivity contribution in [2.45, 2.75) is 31.9 Å². The molecule has 1 aromatic carbocycles. The predicted molar refractivity (Wildman–Crippen MR) is 60.4 cm³/mol. The molecule has 0 atom stereocenters. The van der Waals surface area contributed by atoms with Crippen molar-refractivity contribution >= 4 is 11.6 Å². The normalized spacial score (nSPS) is 13.2. The van der Waals surface area contributed by atoms with E-state index in [9.17, 15) is 35.5 Å². The van der Waals surface area contributed by atoms with Gasteiger partial charge in [-0.05, 0) is 18.6 Å². The molecule has 0 bridgehead atoms. The molecule has 0 aliphatic rings. The lowest BCUT2D eigenvalue weighted by atomic mass is 9.92. The number of rotatable bonds is 2. The molecule has 0 aromatic heterocycles. The van der Waals surface area contributed by atoms with Crippen LogP contribution < -0.4 is 5.32 Å². The van der Waals surface area contributed by atoms with Gasteiger partial charge < -0.3 is 5.32 Å². The molecule has 0 saturated carbocycles. The van der Waals surface area contributed by atoms with Crippen LogP contribution in [0.15, 0.2) is 18.2 Å². The van der Waals surface area contributed by atoms with E-state index in [1.165, 1.54) is 0 Å². The molecule has 0 radical (unpaired) electrons. The third-order valence-corrected chi connectivity index (χ3v) is 2.72. The second-order valence-electron chi connectivity index (χ2n) is 4.36. The first kappa shape index (κ1) is 17.3. The number of anilines is 1. The number of nitrogens with one attached hydrogen (secondary N) is 1. The summed E-state index contributed by atoms with van der Waals surface area (Å²) in [6, 6.07) is 1.55. The Kier molecular flexibility index (Phi) is 4.27. The van der Waals surface area contributed by atoms with Crippen LogP contribution in [0.5, 0.6) is 0 Å². The standard InChI is InChI=1S/C12H10F7NO/c1-6-5-8(3-4-9(6)20-7(2)21)10(13,11(14,15)16)12(17,18)19/h3-5H,1-2H3,(H,20,21). The average molecular weight is 317 g/mol. The van der Waals surface area contributed by atoms with Gasteiger partial charge in [0.25, 0.3) is 0 Å². The highest BCUT2D eigenvalue weighted by Gasteiger charge is 2.73. The van der Waals surface area contributed by atoms with Crippen molar-refractivity contribution in [1.29, 1.82) is 0 Å². The number of hydrogen-bond acceptors (Lipinski definition) is 1. The average Bonchev–Trinajstić information content (AvgIpc) is 2.27. The lowest BCUT2D eigenvalue weighted by molar-refractivity contribution is -0.348. The van der Waals surface area contributed by atoms with Crippen LogP contribution in [0.2, 0.25) is 0 Å². The fraction of sp³-hybridized carbons (Fsp3) is 0.417. The van der Waals surface area contributed by atoms with Gasteiger partial charge in [-0.15, -0.1) is 0 Å². The molecule has 1 N–H and O–H groups in total. The molecule has 9 heteroatoms. The molecule has 1 rings (SSSR count). The predicted octanol–water partition coefficient (Wildman–Crippen LogP) is 4.24. The zero-order chi connectivity index (χ0) is 16.6. The fourth-order valence-electron chi connectivity index (χ4n) is 1.70. The highest BCUT2D eigenvalue weighted by molar-refractivity contribution is 5.89. The van der Waals surface area contributed by atoms with E-state index in [4.69, 9.17) is 0 Å². The second-order valence-corrected chi connectivity index (χ2v) is 4.36. The number of alkyl halides is 7. The fourth-order valence-corrected chi connectivity index (χ4v) is 1.70. The van der Waals surface area contributed by atoms with Crippen molar-refractivity contribution in [1.82, 2.24) is 0 Å². The van der Waals surface area contributed by atoms with Gasteiger partial charge in [-0.1, -0.05) is 12.1 Å². The van der Waals surface area contributed by atoms with Gasteiger partial charge in [-0.2, -0.15) is 26.3 Å². The summed E-state index contributed by atoms with van der Waals surface area (Å²) < 4.78 is 89.2. The molecule has 1 amide bonds. The summed E-state index contributed by atoms with van der Waals surface area (Å²) in [5, 5.41) is 2.21. The van der Waals surface area contributed by atoms with Gasteiger partial charge in [0.1, 0.15) is 0 Å². The van der Waals surface area contributed by atoms with E-state index < -0.39 is 29.5 Å². The smallest absolute Gasteiger partial charge is 0.326 e. The largest absolute Gasteiger partial charge is 0.435 e. The number of hydrogen-bond donors (Lipinski definition) is 1. The van der Waals surface area contributed by atoms with Crippen LogP contribution in [0.4, 0.5) is 36.4 Å². The third kappa shape index (κ3) is 3.11. The van der Waals surface area contributed by atoms with Gasteiger partial charge in [-0.3, -0.25) is 4.79 Å². The Balaban J connectivity index is 3.42. The van der Waals surface area contributed by atoms with Gasteiger partial charge in [0.15, 0.2) is 0 Å². The summed E-state index contributed by atoms with van der Waals surface area (Å²) >= 11 is 0. The molecule has 0 unspecified atom stereocenters. The van der Waals surface area contributed by atoms with E-state index in [2.05, 4.69) is 5.32 Å². The Bertz CT molecular complexity index is 534. The molecule has 0 saturated heterocycles. The molecular formula is C12H10F7NO. The van der Waals surface area contributed by atoms with E-state index >= 15 is 0 Å². The topological polar surface area (TPSA) is 29.1 Å². The van der Waals surface area contributed by atoms with E-state index in [-0.39, 0.29) is 11.3 Å². The summed E-state index contributed by atoms with van der Waals surface area (Å²) in [5.74, 6) is -0.566. The van der Waals surface area contributed by atoms with Crippen molar-refractivity contribution in [2.75, 3.05) is 5.32 Å². The molecule has 0 aliphatic heterocycles. The number of aryl methyl sites for hydroxylation is 1. The first-order valence-electron chi connectivity index (χ1n) is 5.52. The summed E-state index contributed by atoms with van der Waals surface area (Å²) in [5.41, 5.74) is -7.19. The first-order chi connectivity index (χ1) is 9.30. The first-order valence-corrected chi connectivity index (χ1v) is 5.52. The van der Waals surface area contributed by atoms with Crippen LogP contribution in [0.25, 0.3) is 0 Å². The molecule has 0 aliphatic carbocycles. The lowest BCUT2D eigenvalue weighted by Crippen LogP contribution is -2.50. The molecule has 0 heterocycles. The van der Waals surface area contributed by atoms with Gasteiger partial charge in [-0.25, -0.2) is 4.39 Å². The Morgan fingerprint density at radius 2 is 1.48 bits per heavy atom. The number of halogens is 7. The molecule has 21 heavy (non-hydrogen) atoms. The van der Waals surface area contributed by atoms with Gasteiger partial charge in [0.2, 0.25) is 5.91 Å². The van der Waals surface area contributed by atoms with Crippen molar-refractivity contribution in [3.63, 3.8) is 0 Å². The molecule has 118 valence electrons. The SMILES string of the molecule is CC(=O)Nc1ccc(C(F)(C(F)(F)F)C(F)(F)F)cc1C. The van der Waals surface area contributed by atoms with Crippen molar-refractivity contribution in [3.8, 4) is 0 Å². The van der Waals surface area contributed by atoms with Gasteiger partial charge in [0.05, 0.1) is 0 Å². The lowest BCUT2D eigenvalue weighted by Gasteiger charge is -2.30. The zero-order valence-corrected chi connectivity index (χ0v) is 10.8. The summed E-state index contributed by atoms with van der Waals surface area (Å²) in [6.45, 7) is 2.26. The van der Waals surface area contributed by atoms with Crippen LogP contribution in [-0.4, -0.2) is 18.3 Å². The zero-order valence-electron chi connectivity index (χ0n) is 10.8. The maximum absolute atomic E-state index is 13.8. The second kappa shape index (κ2) is 5.19. The number of carbonyl (C=O) groups excluding carboxylic acids is 1. The molecule has 1 aromatic rings. The van der Waals surface area contributed by atoms with Crippen LogP contribution in [0, 0.1) is 6.92 Å². The van der Waals surface area contributed by atoms with Crippen molar-refractivity contribution < 1.29 is 35.5 Å². The molecule has 0 spiro atoms. The van der Waals surface area contributed by atoms with Crippen LogP contribution in [0.1, 0.15) is 18.1 Å². The number of amides is 1. The highest BCUT2D eigenvalue weighted by atomic mass is 19.4. The van der Waals surface area contributed by atoms with Gasteiger partial charge in [0, 0.05) is 18.2 Å². The number of benzene rings is 1. The van der Waals surface area contributed by atoms with E-state index in [1.807, 2.05) is 0 Å². The minimum Gasteiger partial charge on any atom is -0.326 e. The van der Waals surface area contributed by atoms with Crippen LogP contribution >= 0.6 is 0 Å². The Morgan fingerprint density at radius 1 is 1.00 bits per heavy atom. The van der Waals surface area contributed by atoms with Crippen LogP contribution in [-0.2, 0) is 10.5 Å². The molecule has 2 nitrogen and oxygen atoms in total. The quantitative estimate of drug-likeness (QED) is 0.812. The Hall–Kier alpha value is -1.80. The maximum atomic E-state index is 13.8. The monoisotopic (exact) mass is 317 g/mol. The third-order valence-electron chi connectivity index (χ3n) is 2.72. The van der Waals surface area contributed by atoms with Crippen molar-refractivity contribution in [3.05, 3.63) is 29.3 Å². The molecular weight excluding hydrogens is 307 g/mol. The number of carbonyl (C=O) groups is 1.